The average Bonchev–Trinajstić information content (AvgIpc) is 3.06. The molecular formula is C14H15N3O4S. The van der Waals surface area contributed by atoms with Gasteiger partial charge in [-0.2, -0.15) is 4.72 Å². The number of ether oxygens (including phenoxy) is 2. The second-order valence-electron chi connectivity index (χ2n) is 4.03. The third-order valence-electron chi connectivity index (χ3n) is 2.61. The van der Waals surface area contributed by atoms with E-state index in [1.807, 2.05) is 12.1 Å². The predicted molar refractivity (Wildman–Crippen MR) is 80.0 cm³/mol. The predicted octanol–water partition coefficient (Wildman–Crippen LogP) is 0.779. The number of benzene rings is 1. The number of nitrogens with one attached hydrogen (secondary N) is 2. The van der Waals surface area contributed by atoms with Crippen LogP contribution < -0.4 is 14.2 Å². The Hall–Kier alpha value is -2.50. The molecule has 0 saturated carbocycles. The number of H-pyrrole nitrogens is 1. The molecule has 2 aromatic rings. The fourth-order valence-corrected chi connectivity index (χ4v) is 2.39. The third-order valence-corrected chi connectivity index (χ3v) is 3.93. The van der Waals surface area contributed by atoms with Crippen LogP contribution in [0.1, 0.15) is 0 Å². The summed E-state index contributed by atoms with van der Waals surface area (Å²) in [6.07, 6.45) is 2.52. The van der Waals surface area contributed by atoms with Gasteiger partial charge in [0, 0.05) is 0 Å². The van der Waals surface area contributed by atoms with Crippen molar-refractivity contribution in [1.29, 1.82) is 0 Å². The van der Waals surface area contributed by atoms with E-state index >= 15 is 0 Å². The molecule has 0 aliphatic carbocycles. The van der Waals surface area contributed by atoms with Gasteiger partial charge < -0.3 is 14.5 Å². The van der Waals surface area contributed by atoms with E-state index in [0.29, 0.717) is 11.5 Å². The summed E-state index contributed by atoms with van der Waals surface area (Å²) in [6, 6.07) is 7.20. The Kier molecular flexibility index (Phi) is 5.41. The minimum Gasteiger partial charge on any atom is -0.493 e. The summed E-state index contributed by atoms with van der Waals surface area (Å²) in [5.74, 6) is 6.59. The molecule has 1 aromatic heterocycles. The van der Waals surface area contributed by atoms with E-state index < -0.39 is 10.0 Å². The molecule has 0 unspecified atom stereocenters. The Balaban J connectivity index is 1.81. The van der Waals surface area contributed by atoms with Gasteiger partial charge in [-0.15, -0.1) is 0 Å². The minimum absolute atomic E-state index is 0.000396. The molecule has 0 atom stereocenters. The molecule has 0 aliphatic heterocycles. The summed E-state index contributed by atoms with van der Waals surface area (Å²) in [5.41, 5.74) is 0. The number of aromatic amines is 1. The monoisotopic (exact) mass is 321 g/mol. The Bertz CT molecular complexity index is 761. The van der Waals surface area contributed by atoms with Crippen LogP contribution in [0.5, 0.6) is 11.5 Å². The molecule has 0 bridgehead atoms. The molecule has 0 amide bonds. The highest BCUT2D eigenvalue weighted by molar-refractivity contribution is 7.89. The number of sulfonamides is 1. The summed E-state index contributed by atoms with van der Waals surface area (Å²) >= 11 is 0. The number of hydrogen-bond donors (Lipinski definition) is 2. The zero-order valence-corrected chi connectivity index (χ0v) is 12.7. The third kappa shape index (κ3) is 4.25. The Morgan fingerprint density at radius 1 is 1.27 bits per heavy atom. The van der Waals surface area contributed by atoms with Crippen LogP contribution in [-0.4, -0.2) is 38.6 Å². The van der Waals surface area contributed by atoms with Crippen LogP contribution in [0.3, 0.4) is 0 Å². The van der Waals surface area contributed by atoms with Crippen LogP contribution in [0.25, 0.3) is 0 Å². The first-order chi connectivity index (χ1) is 10.6. The molecule has 7 nitrogen and oxygen atoms in total. The maximum Gasteiger partial charge on any atom is 0.258 e. The van der Waals surface area contributed by atoms with Crippen molar-refractivity contribution in [2.45, 2.75) is 5.03 Å². The van der Waals surface area contributed by atoms with Gasteiger partial charge in [-0.25, -0.2) is 13.4 Å². The first-order valence-electron chi connectivity index (χ1n) is 6.33. The van der Waals surface area contributed by atoms with Crippen molar-refractivity contribution in [2.24, 2.45) is 0 Å². The molecular weight excluding hydrogens is 306 g/mol. The summed E-state index contributed by atoms with van der Waals surface area (Å²) in [4.78, 5) is 6.17. The van der Waals surface area contributed by atoms with E-state index in [-0.39, 0.29) is 18.2 Å². The van der Waals surface area contributed by atoms with E-state index in [1.165, 1.54) is 12.5 Å². The van der Waals surface area contributed by atoms with Gasteiger partial charge in [0.2, 0.25) is 0 Å². The van der Waals surface area contributed by atoms with Gasteiger partial charge in [0.1, 0.15) is 6.61 Å². The first-order valence-corrected chi connectivity index (χ1v) is 7.81. The molecule has 0 spiro atoms. The molecule has 2 rings (SSSR count). The molecule has 116 valence electrons. The Labute approximate surface area is 128 Å². The van der Waals surface area contributed by atoms with Crippen LogP contribution in [0.4, 0.5) is 0 Å². The largest absolute Gasteiger partial charge is 0.493 e. The quantitative estimate of drug-likeness (QED) is 0.767. The van der Waals surface area contributed by atoms with Crippen molar-refractivity contribution >= 4 is 10.0 Å². The number of para-hydroxylation sites is 2. The first kappa shape index (κ1) is 15.9. The molecule has 22 heavy (non-hydrogen) atoms. The number of hydrogen-bond acceptors (Lipinski definition) is 5. The van der Waals surface area contributed by atoms with E-state index in [2.05, 4.69) is 26.5 Å². The summed E-state index contributed by atoms with van der Waals surface area (Å²) in [6.45, 7) is 0.114. The lowest BCUT2D eigenvalue weighted by Crippen LogP contribution is -2.24. The van der Waals surface area contributed by atoms with Crippen LogP contribution >= 0.6 is 0 Å². The normalized spacial score (nSPS) is 10.6. The van der Waals surface area contributed by atoms with Crippen LogP contribution in [0, 0.1) is 11.8 Å². The fraction of sp³-hybridized carbons (Fsp3) is 0.214. The minimum atomic E-state index is -3.60. The number of nitrogens with zero attached hydrogens (tertiary/aromatic N) is 1. The molecule has 8 heteroatoms. The van der Waals surface area contributed by atoms with Crippen LogP contribution in [0.15, 0.2) is 41.8 Å². The van der Waals surface area contributed by atoms with Gasteiger partial charge >= 0.3 is 0 Å². The fourth-order valence-electron chi connectivity index (χ4n) is 1.56. The molecule has 2 N–H and O–H groups in total. The van der Waals surface area contributed by atoms with Crippen molar-refractivity contribution in [3.05, 3.63) is 36.8 Å². The zero-order chi connectivity index (χ0) is 15.8. The summed E-state index contributed by atoms with van der Waals surface area (Å²) in [5, 5.41) is -0.000396. The van der Waals surface area contributed by atoms with Gasteiger partial charge in [0.25, 0.3) is 10.0 Å². The zero-order valence-electron chi connectivity index (χ0n) is 11.9. The van der Waals surface area contributed by atoms with Gasteiger partial charge in [0.15, 0.2) is 16.5 Å². The van der Waals surface area contributed by atoms with E-state index in [9.17, 15) is 8.42 Å². The second kappa shape index (κ2) is 7.49. The lowest BCUT2D eigenvalue weighted by molar-refractivity contribution is 0.331. The maximum absolute atomic E-state index is 11.7. The standard InChI is InChI=1S/C14H15N3O4S/c1-20-12-6-2-3-7-13(12)21-9-5-4-8-17-22(18,19)14-10-15-11-16-14/h2-3,6-7,10-11,17H,8-9H2,1H3,(H,15,16). The van der Waals surface area contributed by atoms with Crippen molar-refractivity contribution in [2.75, 3.05) is 20.3 Å². The van der Waals surface area contributed by atoms with Crippen LogP contribution in [0.2, 0.25) is 0 Å². The SMILES string of the molecule is COc1ccccc1OCC#CCNS(=O)(=O)c1cnc[nH]1. The Morgan fingerprint density at radius 2 is 2.05 bits per heavy atom. The van der Waals surface area contributed by atoms with Gasteiger partial charge in [-0.3, -0.25) is 0 Å². The number of imidazole rings is 1. The Morgan fingerprint density at radius 3 is 2.73 bits per heavy atom. The molecule has 0 fully saturated rings. The summed E-state index contributed by atoms with van der Waals surface area (Å²) in [7, 11) is -2.04. The van der Waals surface area contributed by atoms with Crippen LogP contribution in [-0.2, 0) is 10.0 Å². The lowest BCUT2D eigenvalue weighted by Gasteiger charge is -2.07. The van der Waals surface area contributed by atoms with Crippen molar-refractivity contribution in [3.8, 4) is 23.3 Å². The second-order valence-corrected chi connectivity index (χ2v) is 5.77. The lowest BCUT2D eigenvalue weighted by atomic mass is 10.3. The molecule has 0 saturated heterocycles. The van der Waals surface area contributed by atoms with Gasteiger partial charge in [0.05, 0.1) is 26.2 Å². The van der Waals surface area contributed by atoms with Crippen molar-refractivity contribution in [3.63, 3.8) is 0 Å². The van der Waals surface area contributed by atoms with Crippen molar-refractivity contribution < 1.29 is 17.9 Å². The van der Waals surface area contributed by atoms with Crippen molar-refractivity contribution in [1.82, 2.24) is 14.7 Å². The van der Waals surface area contributed by atoms with E-state index in [1.54, 1.807) is 19.2 Å². The average molecular weight is 321 g/mol. The van der Waals surface area contributed by atoms with Gasteiger partial charge in [-0.05, 0) is 12.1 Å². The number of methoxy groups -OCH3 is 1. The molecule has 0 aliphatic rings. The topological polar surface area (TPSA) is 93.3 Å². The molecule has 1 heterocycles. The van der Waals surface area contributed by atoms with E-state index in [0.717, 1.165) is 0 Å². The number of aromatic nitrogens is 2. The highest BCUT2D eigenvalue weighted by Crippen LogP contribution is 2.25. The van der Waals surface area contributed by atoms with E-state index in [4.69, 9.17) is 9.47 Å². The van der Waals surface area contributed by atoms with Gasteiger partial charge in [-0.1, -0.05) is 24.0 Å². The molecule has 1 aromatic carbocycles. The molecule has 0 radical (unpaired) electrons. The highest BCUT2D eigenvalue weighted by Gasteiger charge is 2.13. The number of rotatable bonds is 6. The maximum atomic E-state index is 11.7. The highest BCUT2D eigenvalue weighted by atomic mass is 32.2. The smallest absolute Gasteiger partial charge is 0.258 e. The summed E-state index contributed by atoms with van der Waals surface area (Å²) < 4.78 is 36.4.